The second-order valence-corrected chi connectivity index (χ2v) is 5.33. The Morgan fingerprint density at radius 1 is 1.28 bits per heavy atom. The van der Waals surface area contributed by atoms with Crippen LogP contribution in [0.1, 0.15) is 18.1 Å². The first-order chi connectivity index (χ1) is 12.0. The van der Waals surface area contributed by atoms with E-state index in [0.29, 0.717) is 21.9 Å². The van der Waals surface area contributed by atoms with Crippen LogP contribution in [0, 0.1) is 5.82 Å². The minimum atomic E-state index is -0.759. The molecule has 0 aliphatic rings. The zero-order valence-corrected chi connectivity index (χ0v) is 14.3. The Kier molecular flexibility index (Phi) is 6.59. The predicted molar refractivity (Wildman–Crippen MR) is 91.0 cm³/mol. The van der Waals surface area contributed by atoms with E-state index in [1.165, 1.54) is 19.2 Å². The van der Waals surface area contributed by atoms with Gasteiger partial charge in [-0.05, 0) is 36.8 Å². The summed E-state index contributed by atoms with van der Waals surface area (Å²) in [5, 5.41) is 4.28. The van der Waals surface area contributed by atoms with Gasteiger partial charge in [0.25, 0.3) is 0 Å². The van der Waals surface area contributed by atoms with E-state index in [-0.39, 0.29) is 18.2 Å². The van der Waals surface area contributed by atoms with Crippen molar-refractivity contribution in [1.82, 2.24) is 5.48 Å². The van der Waals surface area contributed by atoms with Crippen molar-refractivity contribution in [1.29, 1.82) is 0 Å². The molecule has 0 saturated heterocycles. The molecule has 25 heavy (non-hydrogen) atoms. The molecule has 0 heterocycles. The zero-order valence-electron chi connectivity index (χ0n) is 13.6. The number of nitrogens with zero attached hydrogens (tertiary/aromatic N) is 1. The number of halogens is 2. The molecule has 0 spiro atoms. The topological polar surface area (TPSA) is 69.2 Å². The van der Waals surface area contributed by atoms with Crippen molar-refractivity contribution in [3.05, 3.63) is 64.4 Å². The number of benzene rings is 2. The highest BCUT2D eigenvalue weighted by atomic mass is 35.5. The zero-order chi connectivity index (χ0) is 18.2. The minimum Gasteiger partial charge on any atom is -0.451 e. The van der Waals surface area contributed by atoms with Gasteiger partial charge < -0.3 is 14.4 Å². The Morgan fingerprint density at radius 2 is 2.08 bits per heavy atom. The SMILES string of the molecule is COC(=O)NOc1cc(/C(C)=N/OCc2cccc(F)c2)ccc1Cl. The number of methoxy groups -OCH3 is 1. The molecule has 132 valence electrons. The van der Waals surface area contributed by atoms with E-state index in [0.717, 1.165) is 0 Å². The van der Waals surface area contributed by atoms with Gasteiger partial charge >= 0.3 is 6.09 Å². The number of oxime groups is 1. The van der Waals surface area contributed by atoms with Crippen LogP contribution in [0.2, 0.25) is 5.02 Å². The van der Waals surface area contributed by atoms with Crippen LogP contribution in [-0.2, 0) is 16.2 Å². The Hall–Kier alpha value is -2.80. The average molecular weight is 367 g/mol. The van der Waals surface area contributed by atoms with Gasteiger partial charge in [-0.25, -0.2) is 9.18 Å². The van der Waals surface area contributed by atoms with Crippen molar-refractivity contribution in [2.75, 3.05) is 7.11 Å². The van der Waals surface area contributed by atoms with Gasteiger partial charge in [-0.2, -0.15) is 5.48 Å². The first-order valence-corrected chi connectivity index (χ1v) is 7.59. The van der Waals surface area contributed by atoms with Gasteiger partial charge in [-0.15, -0.1) is 0 Å². The predicted octanol–water partition coefficient (Wildman–Crippen LogP) is 4.07. The highest BCUT2D eigenvalue weighted by Crippen LogP contribution is 2.25. The number of hydroxylamine groups is 1. The monoisotopic (exact) mass is 366 g/mol. The third-order valence-corrected chi connectivity index (χ3v) is 3.41. The summed E-state index contributed by atoms with van der Waals surface area (Å²) in [6, 6.07) is 11.0. The van der Waals surface area contributed by atoms with Crippen molar-refractivity contribution >= 4 is 23.4 Å². The maximum atomic E-state index is 13.1. The molecule has 0 fully saturated rings. The number of carbonyl (C=O) groups excluding carboxylic acids is 1. The van der Waals surface area contributed by atoms with E-state index in [2.05, 4.69) is 15.4 Å². The number of hydrogen-bond acceptors (Lipinski definition) is 5. The number of ether oxygens (including phenoxy) is 1. The van der Waals surface area contributed by atoms with Crippen molar-refractivity contribution < 1.29 is 23.6 Å². The molecule has 1 amide bonds. The Morgan fingerprint density at radius 3 is 2.80 bits per heavy atom. The molecule has 0 radical (unpaired) electrons. The molecule has 2 aromatic carbocycles. The minimum absolute atomic E-state index is 0.135. The third-order valence-electron chi connectivity index (χ3n) is 3.10. The molecule has 1 N–H and O–H groups in total. The summed E-state index contributed by atoms with van der Waals surface area (Å²) in [7, 11) is 1.21. The maximum Gasteiger partial charge on any atom is 0.440 e. The van der Waals surface area contributed by atoms with E-state index in [1.54, 1.807) is 37.3 Å². The third kappa shape index (κ3) is 5.65. The van der Waals surface area contributed by atoms with Crippen LogP contribution in [-0.4, -0.2) is 18.9 Å². The van der Waals surface area contributed by atoms with Crippen molar-refractivity contribution in [3.63, 3.8) is 0 Å². The van der Waals surface area contributed by atoms with Crippen LogP contribution in [0.25, 0.3) is 0 Å². The summed E-state index contributed by atoms with van der Waals surface area (Å²) in [5.74, 6) is -0.108. The van der Waals surface area contributed by atoms with Gasteiger partial charge in [-0.1, -0.05) is 35.0 Å². The molecule has 0 saturated carbocycles. The summed E-state index contributed by atoms with van der Waals surface area (Å²) in [4.78, 5) is 21.4. The standard InChI is InChI=1S/C17H16ClFN2O4/c1-11(20-24-10-12-4-3-5-14(19)8-12)13-6-7-15(18)16(9-13)25-21-17(22)23-2/h3-9H,10H2,1-2H3,(H,21,22)/b20-11+. The normalized spacial score (nSPS) is 11.0. The Balaban J connectivity index is 2.02. The van der Waals surface area contributed by atoms with E-state index in [4.69, 9.17) is 21.3 Å². The Bertz CT molecular complexity index is 783. The number of amides is 1. The number of carbonyl (C=O) groups is 1. The quantitative estimate of drug-likeness (QED) is 0.618. The van der Waals surface area contributed by atoms with Crippen LogP contribution in [0.5, 0.6) is 5.75 Å². The first-order valence-electron chi connectivity index (χ1n) is 7.21. The number of hydrogen-bond donors (Lipinski definition) is 1. The fraction of sp³-hybridized carbons (Fsp3) is 0.176. The smallest absolute Gasteiger partial charge is 0.440 e. The van der Waals surface area contributed by atoms with Crippen molar-refractivity contribution in [3.8, 4) is 5.75 Å². The van der Waals surface area contributed by atoms with Gasteiger partial charge in [0.1, 0.15) is 12.4 Å². The molecule has 0 aliphatic heterocycles. The maximum absolute atomic E-state index is 13.1. The summed E-state index contributed by atoms with van der Waals surface area (Å²) in [6.07, 6.45) is -0.759. The molecule has 0 bridgehead atoms. The first kappa shape index (κ1) is 18.5. The molecular weight excluding hydrogens is 351 g/mol. The lowest BCUT2D eigenvalue weighted by atomic mass is 10.1. The van der Waals surface area contributed by atoms with Gasteiger partial charge in [-0.3, -0.25) is 0 Å². The van der Waals surface area contributed by atoms with Crippen molar-refractivity contribution in [2.24, 2.45) is 5.16 Å². The summed E-state index contributed by atoms with van der Waals surface area (Å²) in [6.45, 7) is 1.86. The van der Waals surface area contributed by atoms with E-state index >= 15 is 0 Å². The average Bonchev–Trinajstić information content (AvgIpc) is 2.60. The second-order valence-electron chi connectivity index (χ2n) is 4.92. The second kappa shape index (κ2) is 8.89. The number of rotatable bonds is 6. The molecule has 6 nitrogen and oxygen atoms in total. The van der Waals surface area contributed by atoms with Crippen LogP contribution in [0.3, 0.4) is 0 Å². The summed E-state index contributed by atoms with van der Waals surface area (Å²) < 4.78 is 17.5. The molecular formula is C17H16ClFN2O4. The summed E-state index contributed by atoms with van der Waals surface area (Å²) >= 11 is 6.00. The van der Waals surface area contributed by atoms with E-state index in [1.807, 2.05) is 0 Å². The lowest BCUT2D eigenvalue weighted by Crippen LogP contribution is -2.26. The van der Waals surface area contributed by atoms with Gasteiger partial charge in [0.2, 0.25) is 0 Å². The summed E-state index contributed by atoms with van der Waals surface area (Å²) in [5.41, 5.74) is 3.96. The molecule has 0 aromatic heterocycles. The highest BCUT2D eigenvalue weighted by Gasteiger charge is 2.08. The largest absolute Gasteiger partial charge is 0.451 e. The Labute approximate surface area is 149 Å². The van der Waals surface area contributed by atoms with Gasteiger partial charge in [0.15, 0.2) is 5.75 Å². The molecule has 0 atom stereocenters. The molecule has 2 aromatic rings. The van der Waals surface area contributed by atoms with Crippen LogP contribution >= 0.6 is 11.6 Å². The number of nitrogens with one attached hydrogen (secondary N) is 1. The lowest BCUT2D eigenvalue weighted by Gasteiger charge is -2.09. The fourth-order valence-corrected chi connectivity index (χ4v) is 1.98. The van der Waals surface area contributed by atoms with Crippen LogP contribution in [0.15, 0.2) is 47.6 Å². The lowest BCUT2D eigenvalue weighted by molar-refractivity contribution is 0.118. The fourth-order valence-electron chi connectivity index (χ4n) is 1.83. The molecule has 8 heteroatoms. The van der Waals surface area contributed by atoms with Gasteiger partial charge in [0, 0.05) is 5.56 Å². The highest BCUT2D eigenvalue weighted by molar-refractivity contribution is 6.32. The van der Waals surface area contributed by atoms with Gasteiger partial charge in [0.05, 0.1) is 17.8 Å². The molecule has 0 unspecified atom stereocenters. The molecule has 2 rings (SSSR count). The van der Waals surface area contributed by atoms with E-state index < -0.39 is 6.09 Å². The molecule has 0 aliphatic carbocycles. The van der Waals surface area contributed by atoms with Crippen molar-refractivity contribution in [2.45, 2.75) is 13.5 Å². The van der Waals surface area contributed by atoms with E-state index in [9.17, 15) is 9.18 Å². The van der Waals surface area contributed by atoms with Crippen LogP contribution in [0.4, 0.5) is 9.18 Å². The van der Waals surface area contributed by atoms with Crippen LogP contribution < -0.4 is 10.3 Å².